The zero-order chi connectivity index (χ0) is 19.3. The molecule has 28 heavy (non-hydrogen) atoms. The molecule has 6 nitrogen and oxygen atoms in total. The van der Waals surface area contributed by atoms with Gasteiger partial charge in [-0.2, -0.15) is 5.10 Å². The Labute approximate surface area is 162 Å². The maximum Gasteiger partial charge on any atom is 0.272 e. The Balaban J connectivity index is 1.39. The summed E-state index contributed by atoms with van der Waals surface area (Å²) in [7, 11) is 0. The molecule has 6 heteroatoms. The van der Waals surface area contributed by atoms with Crippen LogP contribution < -0.4 is 5.32 Å². The van der Waals surface area contributed by atoms with Gasteiger partial charge in [0.2, 0.25) is 0 Å². The lowest BCUT2D eigenvalue weighted by atomic mass is 10.1. The van der Waals surface area contributed by atoms with Gasteiger partial charge >= 0.3 is 0 Å². The van der Waals surface area contributed by atoms with Crippen molar-refractivity contribution in [2.24, 2.45) is 0 Å². The van der Waals surface area contributed by atoms with E-state index in [1.54, 1.807) is 0 Å². The molecule has 3 N–H and O–H groups in total. The van der Waals surface area contributed by atoms with Crippen molar-refractivity contribution in [2.75, 3.05) is 5.32 Å². The van der Waals surface area contributed by atoms with Gasteiger partial charge in [0.05, 0.1) is 0 Å². The smallest absolute Gasteiger partial charge is 0.272 e. The van der Waals surface area contributed by atoms with E-state index < -0.39 is 0 Å². The Hall–Kier alpha value is -3.41. The molecule has 1 saturated carbocycles. The Morgan fingerprint density at radius 2 is 2.00 bits per heavy atom. The molecule has 0 aliphatic heterocycles. The number of nitrogens with one attached hydrogen (secondary N) is 3. The minimum atomic E-state index is -0.168. The lowest BCUT2D eigenvalue weighted by Gasteiger charge is -2.05. The second-order valence-corrected chi connectivity index (χ2v) is 7.58. The largest absolute Gasteiger partial charge is 0.351 e. The van der Waals surface area contributed by atoms with Gasteiger partial charge in [0.15, 0.2) is 5.82 Å². The van der Waals surface area contributed by atoms with Crippen LogP contribution in [-0.4, -0.2) is 26.1 Å². The van der Waals surface area contributed by atoms with Gasteiger partial charge in [0.1, 0.15) is 11.5 Å². The monoisotopic (exact) mass is 371 g/mol. The summed E-state index contributed by atoms with van der Waals surface area (Å²) >= 11 is 0. The normalized spacial score (nSPS) is 13.8. The Morgan fingerprint density at radius 1 is 1.14 bits per heavy atom. The van der Waals surface area contributed by atoms with Gasteiger partial charge in [0, 0.05) is 28.1 Å². The molecule has 1 aliphatic carbocycles. The van der Waals surface area contributed by atoms with Crippen LogP contribution in [-0.2, 0) is 0 Å². The first kappa shape index (κ1) is 16.7. The van der Waals surface area contributed by atoms with Crippen molar-refractivity contribution in [1.82, 2.24) is 20.2 Å². The lowest BCUT2D eigenvalue weighted by Crippen LogP contribution is -2.12. The first-order valence-corrected chi connectivity index (χ1v) is 9.51. The van der Waals surface area contributed by atoms with Gasteiger partial charge in [-0.3, -0.25) is 9.89 Å². The van der Waals surface area contributed by atoms with Crippen molar-refractivity contribution in [3.63, 3.8) is 0 Å². The molecular weight excluding hydrogens is 350 g/mol. The third-order valence-corrected chi connectivity index (χ3v) is 5.18. The number of benzene rings is 2. The minimum Gasteiger partial charge on any atom is -0.351 e. The summed E-state index contributed by atoms with van der Waals surface area (Å²) in [5, 5.41) is 11.4. The standard InChI is InChI=1S/C22H21N5O/c1-12-8-13(2)17-11-19(24-18(17)9-12)22(28)23-16-5-3-4-15(10-16)21-25-20(26-27-21)14-6-7-14/h3-5,8-11,14,24H,6-7H2,1-2H3,(H,23,28)(H,25,26,27). The molecule has 0 saturated heterocycles. The van der Waals surface area contributed by atoms with E-state index in [9.17, 15) is 4.79 Å². The van der Waals surface area contributed by atoms with E-state index in [-0.39, 0.29) is 5.91 Å². The molecule has 0 spiro atoms. The molecule has 2 heterocycles. The number of nitrogens with zero attached hydrogens (tertiary/aromatic N) is 2. The second kappa shape index (κ2) is 6.34. The number of H-pyrrole nitrogens is 2. The van der Waals surface area contributed by atoms with Crippen molar-refractivity contribution in [3.05, 3.63) is 65.1 Å². The van der Waals surface area contributed by atoms with Crippen molar-refractivity contribution in [3.8, 4) is 11.4 Å². The second-order valence-electron chi connectivity index (χ2n) is 7.58. The van der Waals surface area contributed by atoms with Crippen molar-refractivity contribution < 1.29 is 4.79 Å². The van der Waals surface area contributed by atoms with E-state index in [0.717, 1.165) is 27.9 Å². The summed E-state index contributed by atoms with van der Waals surface area (Å²) < 4.78 is 0. The molecular formula is C22H21N5O. The number of carbonyl (C=O) groups is 1. The molecule has 4 aromatic rings. The van der Waals surface area contributed by atoms with Gasteiger partial charge in [0.25, 0.3) is 5.91 Å². The molecule has 0 unspecified atom stereocenters. The number of hydrogen-bond acceptors (Lipinski definition) is 3. The van der Waals surface area contributed by atoms with Crippen LogP contribution >= 0.6 is 0 Å². The molecule has 0 radical (unpaired) electrons. The number of aromatic amines is 2. The summed E-state index contributed by atoms with van der Waals surface area (Å²) in [5.74, 6) is 1.97. The van der Waals surface area contributed by atoms with Crippen LogP contribution in [0.2, 0.25) is 0 Å². The quantitative estimate of drug-likeness (QED) is 0.486. The number of fused-ring (bicyclic) bond motifs is 1. The topological polar surface area (TPSA) is 86.5 Å². The lowest BCUT2D eigenvalue weighted by molar-refractivity contribution is 0.102. The fraction of sp³-hybridized carbons (Fsp3) is 0.227. The molecule has 1 fully saturated rings. The van der Waals surface area contributed by atoms with Crippen LogP contribution in [0.3, 0.4) is 0 Å². The van der Waals surface area contributed by atoms with Crippen LogP contribution in [0.15, 0.2) is 42.5 Å². The molecule has 2 aromatic carbocycles. The summed E-state index contributed by atoms with van der Waals surface area (Å²) in [6, 6.07) is 13.7. The number of rotatable bonds is 4. The first-order chi connectivity index (χ1) is 13.6. The number of hydrogen-bond donors (Lipinski definition) is 3. The fourth-order valence-electron chi connectivity index (χ4n) is 3.60. The fourth-order valence-corrected chi connectivity index (χ4v) is 3.60. The Kier molecular flexibility index (Phi) is 3.79. The number of anilines is 1. The highest BCUT2D eigenvalue weighted by Gasteiger charge is 2.27. The van der Waals surface area contributed by atoms with Crippen LogP contribution in [0.5, 0.6) is 0 Å². The maximum absolute atomic E-state index is 12.7. The van der Waals surface area contributed by atoms with Crippen molar-refractivity contribution in [2.45, 2.75) is 32.6 Å². The third-order valence-electron chi connectivity index (χ3n) is 5.18. The molecule has 2 aromatic heterocycles. The number of aryl methyl sites for hydroxylation is 2. The van der Waals surface area contributed by atoms with Crippen molar-refractivity contribution in [1.29, 1.82) is 0 Å². The zero-order valence-corrected chi connectivity index (χ0v) is 15.8. The Morgan fingerprint density at radius 3 is 2.82 bits per heavy atom. The molecule has 1 aliphatic rings. The van der Waals surface area contributed by atoms with Crippen LogP contribution in [0, 0.1) is 13.8 Å². The molecule has 1 amide bonds. The van der Waals surface area contributed by atoms with E-state index in [4.69, 9.17) is 0 Å². The number of carbonyl (C=O) groups excluding carboxylic acids is 1. The minimum absolute atomic E-state index is 0.168. The van der Waals surface area contributed by atoms with E-state index in [1.807, 2.05) is 30.3 Å². The molecule has 0 bridgehead atoms. The van der Waals surface area contributed by atoms with Gasteiger partial charge in [-0.25, -0.2) is 4.98 Å². The SMILES string of the molecule is Cc1cc(C)c2cc(C(=O)Nc3cccc(-c4n[nH]c(C5CC5)n4)c3)[nH]c2c1. The molecule has 140 valence electrons. The summed E-state index contributed by atoms with van der Waals surface area (Å²) in [6.45, 7) is 4.11. The van der Waals surface area contributed by atoms with Crippen molar-refractivity contribution >= 4 is 22.5 Å². The van der Waals surface area contributed by atoms with Gasteiger partial charge in [-0.1, -0.05) is 18.2 Å². The van der Waals surface area contributed by atoms with Crippen LogP contribution in [0.25, 0.3) is 22.3 Å². The van der Waals surface area contributed by atoms with Crippen LogP contribution in [0.4, 0.5) is 5.69 Å². The molecule has 5 rings (SSSR count). The molecule has 0 atom stereocenters. The van der Waals surface area contributed by atoms with Gasteiger partial charge in [-0.15, -0.1) is 0 Å². The average molecular weight is 371 g/mol. The first-order valence-electron chi connectivity index (χ1n) is 9.51. The highest BCUT2D eigenvalue weighted by molar-refractivity contribution is 6.06. The number of amides is 1. The number of aromatic nitrogens is 4. The Bertz CT molecular complexity index is 1200. The summed E-state index contributed by atoms with van der Waals surface area (Å²) in [4.78, 5) is 20.6. The van der Waals surface area contributed by atoms with Gasteiger partial charge in [-0.05, 0) is 62.1 Å². The van der Waals surface area contributed by atoms with E-state index in [2.05, 4.69) is 51.5 Å². The maximum atomic E-state index is 12.7. The van der Waals surface area contributed by atoms with E-state index >= 15 is 0 Å². The predicted octanol–water partition coefficient (Wildman–Crippen LogP) is 4.70. The van der Waals surface area contributed by atoms with E-state index in [1.165, 1.54) is 18.4 Å². The zero-order valence-electron chi connectivity index (χ0n) is 15.8. The predicted molar refractivity (Wildman–Crippen MR) is 110 cm³/mol. The van der Waals surface area contributed by atoms with E-state index in [0.29, 0.717) is 23.1 Å². The highest BCUT2D eigenvalue weighted by Crippen LogP contribution is 2.38. The average Bonchev–Trinajstić information content (AvgIpc) is 3.23. The summed E-state index contributed by atoms with van der Waals surface area (Å²) in [5.41, 5.74) is 5.44. The highest BCUT2D eigenvalue weighted by atomic mass is 16.1. The third kappa shape index (κ3) is 3.07. The van der Waals surface area contributed by atoms with Gasteiger partial charge < -0.3 is 10.3 Å². The van der Waals surface area contributed by atoms with Crippen LogP contribution in [0.1, 0.15) is 46.2 Å². The summed E-state index contributed by atoms with van der Waals surface area (Å²) in [6.07, 6.45) is 2.35.